The van der Waals surface area contributed by atoms with Gasteiger partial charge in [0.15, 0.2) is 5.96 Å². The smallest absolute Gasteiger partial charge is 0.193 e. The highest BCUT2D eigenvalue weighted by Crippen LogP contribution is 2.41. The van der Waals surface area contributed by atoms with Gasteiger partial charge in [-0.1, -0.05) is 12.8 Å². The molecule has 138 valence electrons. The average molecular weight is 338 g/mol. The zero-order valence-corrected chi connectivity index (χ0v) is 15.6. The fourth-order valence-corrected chi connectivity index (χ4v) is 4.76. The molecule has 3 fully saturated rings. The van der Waals surface area contributed by atoms with E-state index in [0.717, 1.165) is 52.0 Å². The molecule has 3 rings (SSSR count). The monoisotopic (exact) mass is 337 g/mol. The molecule has 1 atom stereocenters. The summed E-state index contributed by atoms with van der Waals surface area (Å²) < 4.78 is 11.3. The minimum Gasteiger partial charge on any atom is -0.382 e. The zero-order chi connectivity index (χ0) is 16.9. The van der Waals surface area contributed by atoms with Crippen molar-refractivity contribution in [3.63, 3.8) is 0 Å². The molecule has 2 aliphatic heterocycles. The molecule has 1 unspecified atom stereocenters. The number of likely N-dealkylation sites (tertiary alicyclic amines) is 1. The normalized spacial score (nSPS) is 29.8. The lowest BCUT2D eigenvalue weighted by atomic mass is 9.83. The Kier molecular flexibility index (Phi) is 6.03. The molecule has 1 spiro atoms. The highest BCUT2D eigenvalue weighted by Gasteiger charge is 2.42. The van der Waals surface area contributed by atoms with Crippen molar-refractivity contribution >= 4 is 5.96 Å². The van der Waals surface area contributed by atoms with Crippen molar-refractivity contribution < 1.29 is 9.47 Å². The van der Waals surface area contributed by atoms with E-state index in [4.69, 9.17) is 9.47 Å². The second-order valence-electron chi connectivity index (χ2n) is 8.03. The summed E-state index contributed by atoms with van der Waals surface area (Å²) in [6.45, 7) is 8.89. The Morgan fingerprint density at radius 1 is 1.25 bits per heavy atom. The number of guanidine groups is 1. The van der Waals surface area contributed by atoms with E-state index in [1.54, 1.807) is 0 Å². The van der Waals surface area contributed by atoms with Crippen molar-refractivity contribution in [1.29, 1.82) is 0 Å². The first-order valence-corrected chi connectivity index (χ1v) is 9.82. The number of nitrogens with one attached hydrogen (secondary N) is 1. The molecule has 0 aromatic rings. The molecular formula is C19H35N3O2. The van der Waals surface area contributed by atoms with Gasteiger partial charge in [0.2, 0.25) is 0 Å². The van der Waals surface area contributed by atoms with Crippen LogP contribution in [0.4, 0.5) is 0 Å². The Labute approximate surface area is 147 Å². The Morgan fingerprint density at radius 2 is 2.08 bits per heavy atom. The summed E-state index contributed by atoms with van der Waals surface area (Å²) >= 11 is 0. The lowest BCUT2D eigenvalue weighted by molar-refractivity contribution is 0.104. The first-order valence-electron chi connectivity index (χ1n) is 9.82. The number of ether oxygens (including phenoxy) is 2. The maximum Gasteiger partial charge on any atom is 0.193 e. The Bertz CT molecular complexity index is 426. The van der Waals surface area contributed by atoms with Crippen LogP contribution in [0.2, 0.25) is 0 Å². The molecule has 0 amide bonds. The summed E-state index contributed by atoms with van der Waals surface area (Å²) in [6, 6.07) is 0. The van der Waals surface area contributed by atoms with E-state index in [0.29, 0.717) is 10.8 Å². The van der Waals surface area contributed by atoms with Crippen molar-refractivity contribution in [2.75, 3.05) is 53.1 Å². The van der Waals surface area contributed by atoms with Crippen molar-refractivity contribution in [2.45, 2.75) is 51.9 Å². The van der Waals surface area contributed by atoms with Gasteiger partial charge >= 0.3 is 0 Å². The van der Waals surface area contributed by atoms with Crippen LogP contribution < -0.4 is 5.32 Å². The summed E-state index contributed by atoms with van der Waals surface area (Å²) in [5, 5.41) is 3.71. The van der Waals surface area contributed by atoms with Crippen molar-refractivity contribution in [1.82, 2.24) is 10.2 Å². The first kappa shape index (κ1) is 18.0. The van der Waals surface area contributed by atoms with Gasteiger partial charge in [-0.2, -0.15) is 0 Å². The highest BCUT2D eigenvalue weighted by molar-refractivity contribution is 5.80. The summed E-state index contributed by atoms with van der Waals surface area (Å²) in [6.07, 6.45) is 8.97. The molecule has 24 heavy (non-hydrogen) atoms. The van der Waals surface area contributed by atoms with Gasteiger partial charge in [-0.15, -0.1) is 0 Å². The van der Waals surface area contributed by atoms with E-state index < -0.39 is 0 Å². The van der Waals surface area contributed by atoms with Gasteiger partial charge in [-0.3, -0.25) is 4.99 Å². The first-order chi connectivity index (χ1) is 11.7. The number of nitrogens with zero attached hydrogens (tertiary/aromatic N) is 2. The van der Waals surface area contributed by atoms with E-state index in [1.807, 2.05) is 7.05 Å². The van der Waals surface area contributed by atoms with Crippen LogP contribution in [0.1, 0.15) is 51.9 Å². The maximum absolute atomic E-state index is 5.66. The Hall–Kier alpha value is -0.810. The van der Waals surface area contributed by atoms with Gasteiger partial charge in [0.1, 0.15) is 0 Å². The predicted molar refractivity (Wildman–Crippen MR) is 97.4 cm³/mol. The van der Waals surface area contributed by atoms with E-state index in [-0.39, 0.29) is 0 Å². The maximum atomic E-state index is 5.66. The van der Waals surface area contributed by atoms with Crippen LogP contribution in [0.5, 0.6) is 0 Å². The fourth-order valence-electron chi connectivity index (χ4n) is 4.76. The SMILES string of the molecule is CCOCCC1(CNC(=NC)N2CCC3(CCOC3)C2)CCCC1. The van der Waals surface area contributed by atoms with Crippen LogP contribution in [-0.4, -0.2) is 64.0 Å². The van der Waals surface area contributed by atoms with E-state index in [1.165, 1.54) is 44.9 Å². The Balaban J connectivity index is 1.53. The molecule has 0 aromatic carbocycles. The number of hydrogen-bond acceptors (Lipinski definition) is 3. The summed E-state index contributed by atoms with van der Waals surface area (Å²) in [7, 11) is 1.92. The number of rotatable bonds is 6. The van der Waals surface area contributed by atoms with Crippen molar-refractivity contribution in [2.24, 2.45) is 15.8 Å². The Morgan fingerprint density at radius 3 is 2.75 bits per heavy atom. The topological polar surface area (TPSA) is 46.1 Å². The minimum absolute atomic E-state index is 0.387. The second-order valence-corrected chi connectivity index (χ2v) is 8.03. The number of aliphatic imine (C=N–C) groups is 1. The largest absolute Gasteiger partial charge is 0.382 e. The lowest BCUT2D eigenvalue weighted by Crippen LogP contribution is -2.45. The molecule has 0 bridgehead atoms. The van der Waals surface area contributed by atoms with Gasteiger partial charge in [0.05, 0.1) is 6.61 Å². The highest BCUT2D eigenvalue weighted by atomic mass is 16.5. The third kappa shape index (κ3) is 4.05. The van der Waals surface area contributed by atoms with Crippen LogP contribution >= 0.6 is 0 Å². The van der Waals surface area contributed by atoms with E-state index in [9.17, 15) is 0 Å². The molecule has 1 saturated carbocycles. The molecular weight excluding hydrogens is 302 g/mol. The average Bonchev–Trinajstić information content (AvgIpc) is 3.32. The molecule has 5 heteroatoms. The van der Waals surface area contributed by atoms with Crippen molar-refractivity contribution in [3.8, 4) is 0 Å². The predicted octanol–water partition coefficient (Wildman–Crippen LogP) is 2.66. The van der Waals surface area contributed by atoms with Crippen LogP contribution in [-0.2, 0) is 9.47 Å². The molecule has 5 nitrogen and oxygen atoms in total. The molecule has 1 aliphatic carbocycles. The van der Waals surface area contributed by atoms with Crippen LogP contribution in [0, 0.1) is 10.8 Å². The fraction of sp³-hybridized carbons (Fsp3) is 0.947. The molecule has 1 N–H and O–H groups in total. The standard InChI is InChI=1S/C19H35N3O2/c1-3-23-12-9-18(6-4-5-7-18)14-21-17(20-2)22-11-8-19(15-22)10-13-24-16-19/h3-16H2,1-2H3,(H,20,21). The minimum atomic E-state index is 0.387. The molecule has 0 aromatic heterocycles. The van der Waals surface area contributed by atoms with Gasteiger partial charge in [0.25, 0.3) is 0 Å². The zero-order valence-electron chi connectivity index (χ0n) is 15.6. The summed E-state index contributed by atoms with van der Waals surface area (Å²) in [4.78, 5) is 7.02. The quantitative estimate of drug-likeness (QED) is 0.460. The molecule has 2 heterocycles. The van der Waals surface area contributed by atoms with Gasteiger partial charge in [-0.25, -0.2) is 0 Å². The lowest BCUT2D eigenvalue weighted by Gasteiger charge is -2.32. The van der Waals surface area contributed by atoms with Crippen LogP contribution in [0.25, 0.3) is 0 Å². The van der Waals surface area contributed by atoms with E-state index in [2.05, 4.69) is 22.1 Å². The molecule has 0 radical (unpaired) electrons. The molecule has 3 aliphatic rings. The third-order valence-electron chi connectivity index (χ3n) is 6.40. The summed E-state index contributed by atoms with van der Waals surface area (Å²) in [5.41, 5.74) is 0.788. The van der Waals surface area contributed by atoms with Crippen LogP contribution in [0.15, 0.2) is 4.99 Å². The number of hydrogen-bond donors (Lipinski definition) is 1. The van der Waals surface area contributed by atoms with Gasteiger partial charge < -0.3 is 19.7 Å². The van der Waals surface area contributed by atoms with Gasteiger partial charge in [-0.05, 0) is 44.4 Å². The van der Waals surface area contributed by atoms with Crippen molar-refractivity contribution in [3.05, 3.63) is 0 Å². The van der Waals surface area contributed by atoms with Gasteiger partial charge in [0, 0.05) is 51.9 Å². The third-order valence-corrected chi connectivity index (χ3v) is 6.40. The second kappa shape index (κ2) is 8.05. The van der Waals surface area contributed by atoms with Crippen LogP contribution in [0.3, 0.4) is 0 Å². The summed E-state index contributed by atoms with van der Waals surface area (Å²) in [5.74, 6) is 1.08. The van der Waals surface area contributed by atoms with E-state index >= 15 is 0 Å². The molecule has 2 saturated heterocycles.